The Bertz CT molecular complexity index is 754. The van der Waals surface area contributed by atoms with Crippen molar-refractivity contribution in [1.82, 2.24) is 0 Å². The number of rotatable bonds is 6. The van der Waals surface area contributed by atoms with Crippen molar-refractivity contribution in [3.63, 3.8) is 0 Å². The Balaban J connectivity index is 1.86. The first kappa shape index (κ1) is 18.0. The van der Waals surface area contributed by atoms with Crippen LogP contribution in [0.4, 0.5) is 11.4 Å². The fourth-order valence-electron chi connectivity index (χ4n) is 2.04. The van der Waals surface area contributed by atoms with Crippen LogP contribution in [-0.4, -0.2) is 32.0 Å². The van der Waals surface area contributed by atoms with Crippen molar-refractivity contribution < 1.29 is 23.9 Å². The summed E-state index contributed by atoms with van der Waals surface area (Å²) in [6.45, 7) is 0. The third kappa shape index (κ3) is 5.35. The number of carbonyl (C=O) groups is 3. The van der Waals surface area contributed by atoms with Gasteiger partial charge in [0, 0.05) is 11.4 Å². The molecule has 0 saturated carbocycles. The maximum Gasteiger partial charge on any atom is 0.337 e. The molecule has 2 rings (SSSR count). The van der Waals surface area contributed by atoms with Crippen molar-refractivity contribution in [3.05, 3.63) is 54.1 Å². The van der Waals surface area contributed by atoms with Crippen molar-refractivity contribution in [2.75, 3.05) is 24.9 Å². The zero-order chi connectivity index (χ0) is 18.2. The molecule has 0 aromatic heterocycles. The summed E-state index contributed by atoms with van der Waals surface area (Å²) in [5.41, 5.74) is 1.42. The monoisotopic (exact) mass is 342 g/mol. The summed E-state index contributed by atoms with van der Waals surface area (Å²) in [5.74, 6) is -0.687. The van der Waals surface area contributed by atoms with Gasteiger partial charge in [0.1, 0.15) is 12.2 Å². The van der Waals surface area contributed by atoms with Gasteiger partial charge in [-0.3, -0.25) is 9.59 Å². The number of esters is 1. The van der Waals surface area contributed by atoms with Crippen LogP contribution in [0.5, 0.6) is 5.75 Å². The number of anilines is 2. The molecule has 0 saturated heterocycles. The predicted molar refractivity (Wildman–Crippen MR) is 92.7 cm³/mol. The van der Waals surface area contributed by atoms with Crippen LogP contribution in [0.2, 0.25) is 0 Å². The van der Waals surface area contributed by atoms with Gasteiger partial charge in [0.2, 0.25) is 11.8 Å². The van der Waals surface area contributed by atoms with Crippen LogP contribution in [0.1, 0.15) is 16.8 Å². The van der Waals surface area contributed by atoms with Crippen molar-refractivity contribution in [2.45, 2.75) is 6.42 Å². The quantitative estimate of drug-likeness (QED) is 0.621. The number of hydrogen-bond donors (Lipinski definition) is 2. The first-order valence-corrected chi connectivity index (χ1v) is 7.44. The number of carbonyl (C=O) groups excluding carboxylic acids is 3. The van der Waals surface area contributed by atoms with E-state index in [0.29, 0.717) is 22.7 Å². The molecule has 25 heavy (non-hydrogen) atoms. The predicted octanol–water partition coefficient (Wildman–Crippen LogP) is 2.45. The fraction of sp³-hybridized carbons (Fsp3) is 0.167. The van der Waals surface area contributed by atoms with Gasteiger partial charge in [0.25, 0.3) is 0 Å². The summed E-state index contributed by atoms with van der Waals surface area (Å²) in [7, 11) is 2.84. The summed E-state index contributed by atoms with van der Waals surface area (Å²) in [6, 6.07) is 13.0. The number of ether oxygens (including phenoxy) is 2. The number of hydrogen-bond acceptors (Lipinski definition) is 5. The van der Waals surface area contributed by atoms with Crippen molar-refractivity contribution >= 4 is 29.2 Å². The van der Waals surface area contributed by atoms with Gasteiger partial charge < -0.3 is 20.1 Å². The van der Waals surface area contributed by atoms with Crippen LogP contribution in [0, 0.1) is 0 Å². The Kier molecular flexibility index (Phi) is 6.11. The Morgan fingerprint density at radius 1 is 0.800 bits per heavy atom. The molecule has 0 aliphatic carbocycles. The maximum atomic E-state index is 11.9. The van der Waals surface area contributed by atoms with Crippen LogP contribution in [0.25, 0.3) is 0 Å². The Morgan fingerprint density at radius 2 is 1.28 bits per heavy atom. The average Bonchev–Trinajstić information content (AvgIpc) is 2.62. The van der Waals surface area contributed by atoms with E-state index >= 15 is 0 Å². The molecule has 0 radical (unpaired) electrons. The van der Waals surface area contributed by atoms with E-state index in [9.17, 15) is 14.4 Å². The highest BCUT2D eigenvalue weighted by molar-refractivity contribution is 6.08. The lowest BCUT2D eigenvalue weighted by Crippen LogP contribution is -2.21. The molecule has 0 fully saturated rings. The Labute approximate surface area is 144 Å². The molecule has 7 heteroatoms. The molecule has 2 aromatic carbocycles. The van der Waals surface area contributed by atoms with E-state index in [2.05, 4.69) is 15.4 Å². The molecule has 0 atom stereocenters. The van der Waals surface area contributed by atoms with Crippen molar-refractivity contribution in [3.8, 4) is 5.75 Å². The lowest BCUT2D eigenvalue weighted by Gasteiger charge is -2.08. The minimum absolute atomic E-state index is 0.329. The summed E-state index contributed by atoms with van der Waals surface area (Å²) < 4.78 is 9.62. The lowest BCUT2D eigenvalue weighted by atomic mass is 10.2. The van der Waals surface area contributed by atoms with Crippen LogP contribution >= 0.6 is 0 Å². The minimum atomic E-state index is -0.461. The number of benzene rings is 2. The van der Waals surface area contributed by atoms with E-state index in [0.717, 1.165) is 0 Å². The Morgan fingerprint density at radius 3 is 1.72 bits per heavy atom. The van der Waals surface area contributed by atoms with Gasteiger partial charge in [-0.15, -0.1) is 0 Å². The highest BCUT2D eigenvalue weighted by Gasteiger charge is 2.11. The molecule has 7 nitrogen and oxygen atoms in total. The van der Waals surface area contributed by atoms with E-state index in [-0.39, 0.29) is 6.42 Å². The second-order valence-corrected chi connectivity index (χ2v) is 5.07. The smallest absolute Gasteiger partial charge is 0.337 e. The second-order valence-electron chi connectivity index (χ2n) is 5.07. The van der Waals surface area contributed by atoms with Crippen molar-refractivity contribution in [1.29, 1.82) is 0 Å². The molecule has 130 valence electrons. The normalized spacial score (nSPS) is 9.84. The van der Waals surface area contributed by atoms with Crippen LogP contribution in [-0.2, 0) is 14.3 Å². The summed E-state index contributed by atoms with van der Waals surface area (Å²) in [5, 5.41) is 5.21. The number of nitrogens with one attached hydrogen (secondary N) is 2. The first-order valence-electron chi connectivity index (χ1n) is 7.44. The third-order valence-corrected chi connectivity index (χ3v) is 3.28. The molecule has 0 unspecified atom stereocenters. The summed E-state index contributed by atoms with van der Waals surface area (Å²) in [4.78, 5) is 35.1. The van der Waals surface area contributed by atoms with Crippen LogP contribution in [0.15, 0.2) is 48.5 Å². The molecule has 0 spiro atoms. The number of methoxy groups -OCH3 is 2. The molecule has 0 heterocycles. The van der Waals surface area contributed by atoms with E-state index in [1.165, 1.54) is 19.2 Å². The van der Waals surface area contributed by atoms with E-state index < -0.39 is 17.8 Å². The zero-order valence-corrected chi connectivity index (χ0v) is 13.9. The Hall–Kier alpha value is -3.35. The SMILES string of the molecule is COC(=O)c1ccc(NC(=O)CC(=O)Nc2ccc(OC)cc2)cc1. The van der Waals surface area contributed by atoms with Gasteiger partial charge in [-0.1, -0.05) is 0 Å². The van der Waals surface area contributed by atoms with Gasteiger partial charge in [-0.2, -0.15) is 0 Å². The first-order chi connectivity index (χ1) is 12.0. The topological polar surface area (TPSA) is 93.7 Å². The third-order valence-electron chi connectivity index (χ3n) is 3.28. The van der Waals surface area contributed by atoms with Crippen LogP contribution in [0.3, 0.4) is 0 Å². The molecular weight excluding hydrogens is 324 g/mol. The molecule has 2 aromatic rings. The van der Waals surface area contributed by atoms with Gasteiger partial charge in [0.05, 0.1) is 19.8 Å². The average molecular weight is 342 g/mol. The fourth-order valence-corrected chi connectivity index (χ4v) is 2.04. The molecule has 0 aliphatic rings. The second kappa shape index (κ2) is 8.49. The molecule has 0 bridgehead atoms. The van der Waals surface area contributed by atoms with E-state index in [1.807, 2.05) is 0 Å². The maximum absolute atomic E-state index is 11.9. The van der Waals surface area contributed by atoms with Gasteiger partial charge in [-0.05, 0) is 48.5 Å². The summed E-state index contributed by atoms with van der Waals surface area (Å²) in [6.07, 6.45) is -0.329. The number of amides is 2. The van der Waals surface area contributed by atoms with E-state index in [1.54, 1.807) is 43.5 Å². The highest BCUT2D eigenvalue weighted by atomic mass is 16.5. The van der Waals surface area contributed by atoms with Crippen molar-refractivity contribution in [2.24, 2.45) is 0 Å². The standard InChI is InChI=1S/C18H18N2O5/c1-24-15-9-7-14(8-10-15)20-17(22)11-16(21)19-13-5-3-12(4-6-13)18(23)25-2/h3-10H,11H2,1-2H3,(H,19,21)(H,20,22). The highest BCUT2D eigenvalue weighted by Crippen LogP contribution is 2.15. The molecule has 0 aliphatic heterocycles. The van der Waals surface area contributed by atoms with Gasteiger partial charge in [0.15, 0.2) is 0 Å². The zero-order valence-electron chi connectivity index (χ0n) is 13.9. The molecule has 2 amide bonds. The van der Waals surface area contributed by atoms with Crippen LogP contribution < -0.4 is 15.4 Å². The lowest BCUT2D eigenvalue weighted by molar-refractivity contribution is -0.123. The largest absolute Gasteiger partial charge is 0.497 e. The molecular formula is C18H18N2O5. The minimum Gasteiger partial charge on any atom is -0.497 e. The van der Waals surface area contributed by atoms with Gasteiger partial charge >= 0.3 is 5.97 Å². The summed E-state index contributed by atoms with van der Waals surface area (Å²) >= 11 is 0. The van der Waals surface area contributed by atoms with Gasteiger partial charge in [-0.25, -0.2) is 4.79 Å². The van der Waals surface area contributed by atoms with E-state index in [4.69, 9.17) is 4.74 Å². The molecule has 2 N–H and O–H groups in total.